The Labute approximate surface area is 128 Å². The second kappa shape index (κ2) is 5.09. The molecule has 0 radical (unpaired) electrons. The molecular formula is C13H9N3O7. The molecule has 0 aromatic heterocycles. The van der Waals surface area contributed by atoms with E-state index in [2.05, 4.69) is 0 Å². The van der Waals surface area contributed by atoms with Crippen molar-refractivity contribution in [1.29, 1.82) is 0 Å². The third kappa shape index (κ3) is 2.35. The van der Waals surface area contributed by atoms with Gasteiger partial charge >= 0.3 is 6.03 Å². The third-order valence-corrected chi connectivity index (χ3v) is 3.32. The van der Waals surface area contributed by atoms with Crippen LogP contribution < -0.4 is 14.8 Å². The quantitative estimate of drug-likeness (QED) is 0.362. The zero-order valence-electron chi connectivity index (χ0n) is 11.7. The molecule has 1 fully saturated rings. The first-order valence-corrected chi connectivity index (χ1v) is 6.31. The minimum atomic E-state index is -0.926. The fourth-order valence-corrected chi connectivity index (χ4v) is 2.12. The van der Waals surface area contributed by atoms with E-state index in [4.69, 9.17) is 9.47 Å². The lowest BCUT2D eigenvalue weighted by atomic mass is 10.1. The standard InChI is InChI=1S/C13H9N3O7/c1-15-12(18)7(11(17)14-13(15)19)2-6-3-9-10(23-5-22-9)4-8(6)16(20)21/h2-4H,5H2,1H3,(H,14,17,19). The van der Waals surface area contributed by atoms with Crippen molar-refractivity contribution >= 4 is 29.6 Å². The number of fused-ring (bicyclic) bond motifs is 1. The summed E-state index contributed by atoms with van der Waals surface area (Å²) in [5.74, 6) is -1.32. The summed E-state index contributed by atoms with van der Waals surface area (Å²) >= 11 is 0. The summed E-state index contributed by atoms with van der Waals surface area (Å²) in [6.07, 6.45) is 1.04. The predicted molar refractivity (Wildman–Crippen MR) is 73.5 cm³/mol. The van der Waals surface area contributed by atoms with Gasteiger partial charge in [-0.2, -0.15) is 0 Å². The Balaban J connectivity index is 2.11. The van der Waals surface area contributed by atoms with Crippen LogP contribution in [0, 0.1) is 10.1 Å². The normalized spacial score (nSPS) is 18.4. The van der Waals surface area contributed by atoms with Crippen LogP contribution in [0.2, 0.25) is 0 Å². The number of hydrogen-bond acceptors (Lipinski definition) is 7. The van der Waals surface area contributed by atoms with Crippen molar-refractivity contribution < 1.29 is 28.8 Å². The van der Waals surface area contributed by atoms with E-state index in [0.717, 1.165) is 12.1 Å². The number of nitro groups is 1. The molecule has 0 unspecified atom stereocenters. The van der Waals surface area contributed by atoms with Gasteiger partial charge in [0.05, 0.1) is 16.6 Å². The first-order valence-electron chi connectivity index (χ1n) is 6.31. The number of nitrogens with one attached hydrogen (secondary N) is 1. The van der Waals surface area contributed by atoms with Crippen molar-refractivity contribution in [2.45, 2.75) is 0 Å². The highest BCUT2D eigenvalue weighted by Gasteiger charge is 2.34. The Morgan fingerprint density at radius 1 is 1.26 bits per heavy atom. The van der Waals surface area contributed by atoms with E-state index >= 15 is 0 Å². The average Bonchev–Trinajstić information content (AvgIpc) is 2.95. The van der Waals surface area contributed by atoms with E-state index in [9.17, 15) is 24.5 Å². The van der Waals surface area contributed by atoms with Gasteiger partial charge in [-0.15, -0.1) is 0 Å². The van der Waals surface area contributed by atoms with Gasteiger partial charge in [-0.25, -0.2) is 4.79 Å². The van der Waals surface area contributed by atoms with Crippen LogP contribution in [0.5, 0.6) is 11.5 Å². The molecule has 0 bridgehead atoms. The van der Waals surface area contributed by atoms with Crippen LogP contribution in [0.4, 0.5) is 10.5 Å². The summed E-state index contributed by atoms with van der Waals surface area (Å²) < 4.78 is 10.2. The highest BCUT2D eigenvalue weighted by atomic mass is 16.7. The highest BCUT2D eigenvalue weighted by Crippen LogP contribution is 2.38. The molecule has 1 aromatic rings. The molecule has 0 aliphatic carbocycles. The minimum absolute atomic E-state index is 0.0134. The number of nitrogens with zero attached hydrogens (tertiary/aromatic N) is 2. The Kier molecular flexibility index (Phi) is 3.21. The molecule has 23 heavy (non-hydrogen) atoms. The maximum absolute atomic E-state index is 12.0. The first-order chi connectivity index (χ1) is 10.9. The van der Waals surface area contributed by atoms with Crippen molar-refractivity contribution in [3.63, 3.8) is 0 Å². The lowest BCUT2D eigenvalue weighted by Crippen LogP contribution is -2.52. The van der Waals surface area contributed by atoms with Gasteiger partial charge < -0.3 is 9.47 Å². The van der Waals surface area contributed by atoms with Crippen molar-refractivity contribution in [3.8, 4) is 11.5 Å². The molecule has 1 N–H and O–H groups in total. The van der Waals surface area contributed by atoms with Crippen LogP contribution in [0.15, 0.2) is 17.7 Å². The molecule has 0 saturated carbocycles. The monoisotopic (exact) mass is 319 g/mol. The first kappa shape index (κ1) is 14.5. The molecule has 118 valence electrons. The Morgan fingerprint density at radius 3 is 2.57 bits per heavy atom. The summed E-state index contributed by atoms with van der Waals surface area (Å²) in [5.41, 5.74) is -0.767. The van der Waals surface area contributed by atoms with Crippen LogP contribution in [0.25, 0.3) is 6.08 Å². The third-order valence-electron chi connectivity index (χ3n) is 3.32. The molecule has 10 heteroatoms. The molecule has 10 nitrogen and oxygen atoms in total. The number of rotatable bonds is 2. The number of carbonyl (C=O) groups is 3. The van der Waals surface area contributed by atoms with Gasteiger partial charge in [-0.05, 0) is 12.1 Å². The number of nitro benzene ring substituents is 1. The lowest BCUT2D eigenvalue weighted by Gasteiger charge is -2.22. The van der Waals surface area contributed by atoms with Crippen molar-refractivity contribution in [2.24, 2.45) is 0 Å². The second-order valence-electron chi connectivity index (χ2n) is 4.70. The van der Waals surface area contributed by atoms with E-state index in [-0.39, 0.29) is 29.5 Å². The van der Waals surface area contributed by atoms with Gasteiger partial charge in [-0.3, -0.25) is 29.9 Å². The largest absolute Gasteiger partial charge is 0.454 e. The number of imide groups is 2. The maximum atomic E-state index is 12.0. The van der Waals surface area contributed by atoms with E-state index in [1.54, 1.807) is 0 Å². The van der Waals surface area contributed by atoms with Gasteiger partial charge in [0.25, 0.3) is 17.5 Å². The number of barbiturate groups is 1. The number of amides is 4. The number of urea groups is 1. The van der Waals surface area contributed by atoms with Crippen molar-refractivity contribution in [3.05, 3.63) is 33.4 Å². The Hall–Kier alpha value is -3.43. The smallest absolute Gasteiger partial charge is 0.331 e. The molecule has 1 saturated heterocycles. The fraction of sp³-hybridized carbons (Fsp3) is 0.154. The Bertz CT molecular complexity index is 799. The second-order valence-corrected chi connectivity index (χ2v) is 4.70. The summed E-state index contributed by atoms with van der Waals surface area (Å²) in [7, 11) is 1.19. The molecule has 1 aromatic carbocycles. The molecule has 4 amide bonds. The molecule has 3 rings (SSSR count). The number of hydrogen-bond donors (Lipinski definition) is 1. The SMILES string of the molecule is CN1C(=O)NC(=O)C(=Cc2cc3c(cc2[N+](=O)[O-])OCO3)C1=O. The van der Waals surface area contributed by atoms with Gasteiger partial charge in [-0.1, -0.05) is 0 Å². The number of likely N-dealkylation sites (N-methyl/N-ethyl adjacent to an activating group) is 1. The number of carbonyl (C=O) groups excluding carboxylic acids is 3. The van der Waals surface area contributed by atoms with E-state index < -0.39 is 28.3 Å². The van der Waals surface area contributed by atoms with Crippen LogP contribution >= 0.6 is 0 Å². The van der Waals surface area contributed by atoms with E-state index in [1.165, 1.54) is 13.1 Å². The van der Waals surface area contributed by atoms with Crippen molar-refractivity contribution in [1.82, 2.24) is 10.2 Å². The highest BCUT2D eigenvalue weighted by molar-refractivity contribution is 6.31. The number of benzene rings is 1. The lowest BCUT2D eigenvalue weighted by molar-refractivity contribution is -0.385. The topological polar surface area (TPSA) is 128 Å². The van der Waals surface area contributed by atoms with Gasteiger partial charge in [0.1, 0.15) is 5.57 Å². The average molecular weight is 319 g/mol. The minimum Gasteiger partial charge on any atom is -0.454 e. The maximum Gasteiger partial charge on any atom is 0.331 e. The van der Waals surface area contributed by atoms with E-state index in [1.807, 2.05) is 5.32 Å². The summed E-state index contributed by atoms with van der Waals surface area (Å²) in [5, 5.41) is 13.1. The zero-order valence-corrected chi connectivity index (χ0v) is 11.7. The van der Waals surface area contributed by atoms with Gasteiger partial charge in [0, 0.05) is 7.05 Å². The molecule has 2 heterocycles. The van der Waals surface area contributed by atoms with E-state index in [0.29, 0.717) is 4.90 Å². The predicted octanol–water partition coefficient (Wildman–Crippen LogP) is 0.415. The number of ether oxygens (including phenoxy) is 2. The Morgan fingerprint density at radius 2 is 1.91 bits per heavy atom. The molecule has 0 spiro atoms. The van der Waals surface area contributed by atoms with Gasteiger partial charge in [0.2, 0.25) is 6.79 Å². The summed E-state index contributed by atoms with van der Waals surface area (Å²) in [4.78, 5) is 46.4. The van der Waals surface area contributed by atoms with Crippen LogP contribution in [0.3, 0.4) is 0 Å². The van der Waals surface area contributed by atoms with Crippen molar-refractivity contribution in [2.75, 3.05) is 13.8 Å². The van der Waals surface area contributed by atoms with Crippen LogP contribution in [-0.4, -0.2) is 41.5 Å². The molecule has 0 atom stereocenters. The summed E-state index contributed by atoms with van der Waals surface area (Å²) in [6, 6.07) is 1.58. The zero-order chi connectivity index (χ0) is 16.7. The van der Waals surface area contributed by atoms with Gasteiger partial charge in [0.15, 0.2) is 11.5 Å². The molecule has 2 aliphatic heterocycles. The van der Waals surface area contributed by atoms with Crippen LogP contribution in [-0.2, 0) is 9.59 Å². The van der Waals surface area contributed by atoms with Crippen LogP contribution in [0.1, 0.15) is 5.56 Å². The molecule has 2 aliphatic rings. The molecular weight excluding hydrogens is 310 g/mol. The summed E-state index contributed by atoms with van der Waals surface area (Å²) in [6.45, 7) is -0.0802. The fourth-order valence-electron chi connectivity index (χ4n) is 2.12.